The molecule has 112 valence electrons. The van der Waals surface area contributed by atoms with Crippen LogP contribution in [0.3, 0.4) is 0 Å². The van der Waals surface area contributed by atoms with E-state index in [2.05, 4.69) is 15.3 Å². The SMILES string of the molecule is CCN(CCO)c1ncnc(Nc2ccc(F)cc2)c1N. The van der Waals surface area contributed by atoms with Gasteiger partial charge in [-0.25, -0.2) is 14.4 Å². The number of halogens is 1. The third-order valence-electron chi connectivity index (χ3n) is 3.02. The van der Waals surface area contributed by atoms with Crippen molar-refractivity contribution < 1.29 is 9.50 Å². The van der Waals surface area contributed by atoms with Gasteiger partial charge in [0.15, 0.2) is 11.6 Å². The number of aliphatic hydroxyl groups excluding tert-OH is 1. The highest BCUT2D eigenvalue weighted by atomic mass is 19.1. The standard InChI is InChI=1S/C14H18FN5O/c1-2-20(7-8-21)14-12(16)13(17-9-18-14)19-11-5-3-10(15)4-6-11/h3-6,9,21H,2,7-8,16H2,1H3,(H,17,18,19). The maximum absolute atomic E-state index is 12.9. The van der Waals surface area contributed by atoms with Crippen LogP contribution in [0.25, 0.3) is 0 Å². The highest BCUT2D eigenvalue weighted by Gasteiger charge is 2.13. The first-order valence-corrected chi connectivity index (χ1v) is 6.64. The largest absolute Gasteiger partial charge is 0.395 e. The molecule has 0 aliphatic rings. The van der Waals surface area contributed by atoms with E-state index in [1.54, 1.807) is 12.1 Å². The lowest BCUT2D eigenvalue weighted by Crippen LogP contribution is -2.28. The quantitative estimate of drug-likeness (QED) is 0.751. The van der Waals surface area contributed by atoms with E-state index >= 15 is 0 Å². The highest BCUT2D eigenvalue weighted by Crippen LogP contribution is 2.28. The summed E-state index contributed by atoms with van der Waals surface area (Å²) in [7, 11) is 0. The Hall–Kier alpha value is -2.41. The van der Waals surface area contributed by atoms with E-state index in [0.29, 0.717) is 36.1 Å². The Morgan fingerprint density at radius 2 is 2.00 bits per heavy atom. The van der Waals surface area contributed by atoms with Crippen molar-refractivity contribution >= 4 is 23.0 Å². The molecule has 1 heterocycles. The predicted molar refractivity (Wildman–Crippen MR) is 81.1 cm³/mol. The van der Waals surface area contributed by atoms with Gasteiger partial charge in [0.1, 0.15) is 17.8 Å². The van der Waals surface area contributed by atoms with Gasteiger partial charge in [0.05, 0.1) is 6.61 Å². The summed E-state index contributed by atoms with van der Waals surface area (Å²) in [6, 6.07) is 5.90. The number of hydrogen-bond acceptors (Lipinski definition) is 6. The number of nitrogens with zero attached hydrogens (tertiary/aromatic N) is 3. The number of nitrogen functional groups attached to an aromatic ring is 1. The number of likely N-dealkylation sites (N-methyl/N-ethyl adjacent to an activating group) is 1. The van der Waals surface area contributed by atoms with Crippen LogP contribution >= 0.6 is 0 Å². The van der Waals surface area contributed by atoms with Gasteiger partial charge < -0.3 is 21.1 Å². The van der Waals surface area contributed by atoms with E-state index in [1.165, 1.54) is 18.5 Å². The van der Waals surface area contributed by atoms with Gasteiger partial charge in [-0.1, -0.05) is 0 Å². The summed E-state index contributed by atoms with van der Waals surface area (Å²) in [5.74, 6) is 0.700. The van der Waals surface area contributed by atoms with E-state index < -0.39 is 0 Å². The van der Waals surface area contributed by atoms with Gasteiger partial charge in [0.25, 0.3) is 0 Å². The maximum Gasteiger partial charge on any atom is 0.159 e. The van der Waals surface area contributed by atoms with Crippen molar-refractivity contribution in [1.29, 1.82) is 0 Å². The molecule has 0 amide bonds. The number of aliphatic hydroxyl groups is 1. The van der Waals surface area contributed by atoms with Gasteiger partial charge in [0.2, 0.25) is 0 Å². The summed E-state index contributed by atoms with van der Waals surface area (Å²) in [6.45, 7) is 3.06. The third-order valence-corrected chi connectivity index (χ3v) is 3.02. The summed E-state index contributed by atoms with van der Waals surface area (Å²) < 4.78 is 12.9. The fourth-order valence-electron chi connectivity index (χ4n) is 1.94. The molecule has 4 N–H and O–H groups in total. The Balaban J connectivity index is 2.26. The van der Waals surface area contributed by atoms with Crippen molar-refractivity contribution in [2.24, 2.45) is 0 Å². The molecule has 0 saturated carbocycles. The van der Waals surface area contributed by atoms with Crippen LogP contribution in [-0.2, 0) is 0 Å². The summed E-state index contributed by atoms with van der Waals surface area (Å²) in [4.78, 5) is 10.1. The Morgan fingerprint density at radius 1 is 1.29 bits per heavy atom. The molecule has 0 aliphatic heterocycles. The van der Waals surface area contributed by atoms with Gasteiger partial charge in [-0.2, -0.15) is 0 Å². The Kier molecular flexibility index (Phi) is 4.89. The summed E-state index contributed by atoms with van der Waals surface area (Å²) >= 11 is 0. The van der Waals surface area contributed by atoms with Crippen molar-refractivity contribution in [2.45, 2.75) is 6.92 Å². The molecule has 0 unspecified atom stereocenters. The number of benzene rings is 1. The third kappa shape index (κ3) is 3.57. The van der Waals surface area contributed by atoms with Crippen molar-refractivity contribution in [3.05, 3.63) is 36.4 Å². The first-order valence-electron chi connectivity index (χ1n) is 6.64. The smallest absolute Gasteiger partial charge is 0.159 e. The van der Waals surface area contributed by atoms with Gasteiger partial charge in [-0.05, 0) is 31.2 Å². The number of rotatable bonds is 6. The number of aromatic nitrogens is 2. The van der Waals surface area contributed by atoms with Crippen LogP contribution in [0, 0.1) is 5.82 Å². The second-order valence-electron chi connectivity index (χ2n) is 4.39. The molecule has 1 aromatic heterocycles. The molecule has 2 rings (SSSR count). The summed E-state index contributed by atoms with van der Waals surface area (Å²) in [6.07, 6.45) is 1.40. The molecule has 21 heavy (non-hydrogen) atoms. The minimum absolute atomic E-state index is 0.0119. The van der Waals surface area contributed by atoms with Crippen LogP contribution in [0.2, 0.25) is 0 Å². The molecule has 0 bridgehead atoms. The number of nitrogens with two attached hydrogens (primary N) is 1. The molecule has 0 radical (unpaired) electrons. The number of anilines is 4. The monoisotopic (exact) mass is 291 g/mol. The van der Waals surface area contributed by atoms with Crippen LogP contribution < -0.4 is 16.0 Å². The van der Waals surface area contributed by atoms with E-state index in [9.17, 15) is 4.39 Å². The molecular formula is C14H18FN5O. The van der Waals surface area contributed by atoms with E-state index in [4.69, 9.17) is 10.8 Å². The first-order chi connectivity index (χ1) is 10.2. The second kappa shape index (κ2) is 6.85. The zero-order valence-corrected chi connectivity index (χ0v) is 11.8. The molecule has 0 fully saturated rings. The second-order valence-corrected chi connectivity index (χ2v) is 4.39. The molecule has 0 atom stereocenters. The molecule has 2 aromatic rings. The lowest BCUT2D eigenvalue weighted by atomic mass is 10.3. The molecule has 0 spiro atoms. The lowest BCUT2D eigenvalue weighted by Gasteiger charge is -2.23. The minimum atomic E-state index is -0.308. The number of nitrogens with one attached hydrogen (secondary N) is 1. The molecule has 0 aliphatic carbocycles. The van der Waals surface area contributed by atoms with Gasteiger partial charge in [-0.15, -0.1) is 0 Å². The lowest BCUT2D eigenvalue weighted by molar-refractivity contribution is 0.302. The van der Waals surface area contributed by atoms with E-state index in [0.717, 1.165) is 0 Å². The van der Waals surface area contributed by atoms with Gasteiger partial charge >= 0.3 is 0 Å². The molecule has 0 saturated heterocycles. The van der Waals surface area contributed by atoms with Crippen LogP contribution in [0.4, 0.5) is 27.4 Å². The van der Waals surface area contributed by atoms with E-state index in [-0.39, 0.29) is 12.4 Å². The van der Waals surface area contributed by atoms with Crippen LogP contribution in [0.15, 0.2) is 30.6 Å². The Morgan fingerprint density at radius 3 is 2.62 bits per heavy atom. The predicted octanol–water partition coefficient (Wildman–Crippen LogP) is 1.76. The van der Waals surface area contributed by atoms with Crippen LogP contribution in [0.1, 0.15) is 6.92 Å². The molecule has 6 nitrogen and oxygen atoms in total. The summed E-state index contributed by atoms with van der Waals surface area (Å²) in [5.41, 5.74) is 7.15. The van der Waals surface area contributed by atoms with Crippen molar-refractivity contribution in [1.82, 2.24) is 9.97 Å². The zero-order valence-electron chi connectivity index (χ0n) is 11.8. The normalized spacial score (nSPS) is 10.4. The highest BCUT2D eigenvalue weighted by molar-refractivity contribution is 5.78. The minimum Gasteiger partial charge on any atom is -0.395 e. The maximum atomic E-state index is 12.9. The van der Waals surface area contributed by atoms with Crippen molar-refractivity contribution in [2.75, 3.05) is 35.6 Å². The van der Waals surface area contributed by atoms with Gasteiger partial charge in [-0.3, -0.25) is 0 Å². The number of hydrogen-bond donors (Lipinski definition) is 3. The van der Waals surface area contributed by atoms with Crippen LogP contribution in [0.5, 0.6) is 0 Å². The Labute approximate surface area is 122 Å². The average molecular weight is 291 g/mol. The Bertz CT molecular complexity index is 590. The molecule has 7 heteroatoms. The topological polar surface area (TPSA) is 87.3 Å². The van der Waals surface area contributed by atoms with E-state index in [1.807, 2.05) is 11.8 Å². The van der Waals surface area contributed by atoms with Crippen molar-refractivity contribution in [3.63, 3.8) is 0 Å². The molecular weight excluding hydrogens is 273 g/mol. The molecule has 1 aromatic carbocycles. The zero-order chi connectivity index (χ0) is 15.2. The fraction of sp³-hybridized carbons (Fsp3) is 0.286. The summed E-state index contributed by atoms with van der Waals surface area (Å²) in [5, 5.41) is 12.1. The van der Waals surface area contributed by atoms with Crippen molar-refractivity contribution in [3.8, 4) is 0 Å². The first kappa shape index (κ1) is 15.0. The van der Waals surface area contributed by atoms with Gasteiger partial charge in [0, 0.05) is 18.8 Å². The average Bonchev–Trinajstić information content (AvgIpc) is 2.49. The fourth-order valence-corrected chi connectivity index (χ4v) is 1.94. The van der Waals surface area contributed by atoms with Crippen LogP contribution in [-0.4, -0.2) is 34.8 Å².